The molecule has 0 bridgehead atoms. The van der Waals surface area contributed by atoms with Crippen LogP contribution >= 0.6 is 0 Å². The van der Waals surface area contributed by atoms with E-state index in [1.54, 1.807) is 0 Å². The van der Waals surface area contributed by atoms with E-state index in [-0.39, 0.29) is 12.5 Å². The first kappa shape index (κ1) is 18.8. The van der Waals surface area contributed by atoms with Crippen molar-refractivity contribution >= 4 is 5.91 Å². The van der Waals surface area contributed by atoms with Gasteiger partial charge in [-0.25, -0.2) is 0 Å². The second-order valence-corrected chi connectivity index (χ2v) is 3.65. The molecule has 0 saturated carbocycles. The molecule has 0 fully saturated rings. The van der Waals surface area contributed by atoms with Crippen molar-refractivity contribution in [3.8, 4) is 12.3 Å². The van der Waals surface area contributed by atoms with Gasteiger partial charge in [0.15, 0.2) is 0 Å². The maximum absolute atomic E-state index is 10.8. The van der Waals surface area contributed by atoms with Crippen LogP contribution in [0.5, 0.6) is 0 Å². The number of carbonyl (C=O) groups is 1. The molecule has 0 saturated heterocycles. The van der Waals surface area contributed by atoms with E-state index in [1.807, 2.05) is 0 Å². The van der Waals surface area contributed by atoms with Crippen molar-refractivity contribution in [2.45, 2.75) is 0 Å². The summed E-state index contributed by atoms with van der Waals surface area (Å²) < 4.78 is 20.8. The van der Waals surface area contributed by atoms with Crippen LogP contribution < -0.4 is 11.1 Å². The summed E-state index contributed by atoms with van der Waals surface area (Å²) in [5.41, 5.74) is 5.13. The van der Waals surface area contributed by atoms with Gasteiger partial charge >= 0.3 is 0 Å². The van der Waals surface area contributed by atoms with Crippen LogP contribution in [0.4, 0.5) is 0 Å². The summed E-state index contributed by atoms with van der Waals surface area (Å²) in [4.78, 5) is 10.8. The van der Waals surface area contributed by atoms with Crippen LogP contribution in [-0.2, 0) is 23.7 Å². The molecule has 116 valence electrons. The van der Waals surface area contributed by atoms with E-state index >= 15 is 0 Å². The summed E-state index contributed by atoms with van der Waals surface area (Å²) in [6.45, 7) is 4.17. The Kier molecular flexibility index (Phi) is 15.0. The average molecular weight is 288 g/mol. The number of ether oxygens (including phenoxy) is 4. The topological polar surface area (TPSA) is 92.0 Å². The van der Waals surface area contributed by atoms with Crippen LogP contribution in [0.3, 0.4) is 0 Å². The summed E-state index contributed by atoms with van der Waals surface area (Å²) in [6, 6.07) is 0. The van der Waals surface area contributed by atoms with Crippen LogP contribution in [0, 0.1) is 12.3 Å². The first-order valence-electron chi connectivity index (χ1n) is 6.52. The van der Waals surface area contributed by atoms with Crippen LogP contribution in [0.25, 0.3) is 0 Å². The Morgan fingerprint density at radius 2 is 1.45 bits per heavy atom. The van der Waals surface area contributed by atoms with Gasteiger partial charge in [0.25, 0.3) is 0 Å². The number of nitrogens with one attached hydrogen (secondary N) is 1. The first-order valence-corrected chi connectivity index (χ1v) is 6.52. The Labute approximate surface area is 120 Å². The lowest BCUT2D eigenvalue weighted by Crippen LogP contribution is -2.32. The van der Waals surface area contributed by atoms with E-state index in [4.69, 9.17) is 31.1 Å². The van der Waals surface area contributed by atoms with Crippen LogP contribution in [0.15, 0.2) is 0 Å². The van der Waals surface area contributed by atoms with Gasteiger partial charge in [-0.2, -0.15) is 0 Å². The summed E-state index contributed by atoms with van der Waals surface area (Å²) in [5.74, 6) is 2.18. The molecule has 0 aromatic carbocycles. The predicted octanol–water partition coefficient (Wildman–Crippen LogP) is -1.24. The third-order valence-corrected chi connectivity index (χ3v) is 2.06. The summed E-state index contributed by atoms with van der Waals surface area (Å²) >= 11 is 0. The lowest BCUT2D eigenvalue weighted by molar-refractivity contribution is -0.120. The minimum Gasteiger partial charge on any atom is -0.377 e. The van der Waals surface area contributed by atoms with Crippen molar-refractivity contribution in [3.63, 3.8) is 0 Å². The molecule has 7 heteroatoms. The van der Waals surface area contributed by atoms with Crippen molar-refractivity contribution < 1.29 is 23.7 Å². The molecule has 0 aromatic rings. The summed E-state index contributed by atoms with van der Waals surface area (Å²) in [7, 11) is 0. The lowest BCUT2D eigenvalue weighted by Gasteiger charge is -2.07. The highest BCUT2D eigenvalue weighted by molar-refractivity contribution is 5.77. The van der Waals surface area contributed by atoms with Crippen LogP contribution in [-0.4, -0.2) is 71.9 Å². The summed E-state index contributed by atoms with van der Waals surface area (Å²) in [5, 5.41) is 2.60. The second kappa shape index (κ2) is 15.9. The largest absolute Gasteiger partial charge is 0.377 e. The van der Waals surface area contributed by atoms with Gasteiger partial charge in [0, 0.05) is 6.54 Å². The number of nitrogens with two attached hydrogens (primary N) is 1. The second-order valence-electron chi connectivity index (χ2n) is 3.65. The SMILES string of the molecule is C#CCOCCOCCOCCOCCNC(=O)CN. The minimum atomic E-state index is -0.187. The van der Waals surface area contributed by atoms with E-state index < -0.39 is 0 Å². The lowest BCUT2D eigenvalue weighted by atomic mass is 10.5. The van der Waals surface area contributed by atoms with Crippen molar-refractivity contribution in [3.05, 3.63) is 0 Å². The fraction of sp³-hybridized carbons (Fsp3) is 0.769. The molecule has 20 heavy (non-hydrogen) atoms. The molecular weight excluding hydrogens is 264 g/mol. The zero-order valence-electron chi connectivity index (χ0n) is 11.8. The van der Waals surface area contributed by atoms with Crippen molar-refractivity contribution in [1.29, 1.82) is 0 Å². The van der Waals surface area contributed by atoms with E-state index in [9.17, 15) is 4.79 Å². The molecule has 0 aromatic heterocycles. The Bertz CT molecular complexity index is 268. The highest BCUT2D eigenvalue weighted by atomic mass is 16.6. The molecule has 3 N–H and O–H groups in total. The normalized spacial score (nSPS) is 10.2. The molecule has 0 atom stereocenters. The number of hydrogen-bond acceptors (Lipinski definition) is 6. The van der Waals surface area contributed by atoms with Crippen molar-refractivity contribution in [2.75, 3.05) is 65.9 Å². The molecule has 0 aliphatic carbocycles. The highest BCUT2D eigenvalue weighted by Gasteiger charge is 1.95. The Hall–Kier alpha value is -1.17. The zero-order valence-corrected chi connectivity index (χ0v) is 11.8. The molecule has 0 unspecified atom stereocenters. The van der Waals surface area contributed by atoms with Gasteiger partial charge < -0.3 is 30.0 Å². The van der Waals surface area contributed by atoms with Gasteiger partial charge in [0.2, 0.25) is 5.91 Å². The first-order chi connectivity index (χ1) is 9.81. The third kappa shape index (κ3) is 14.9. The van der Waals surface area contributed by atoms with Gasteiger partial charge in [-0.05, 0) is 0 Å². The number of carbonyl (C=O) groups excluding carboxylic acids is 1. The number of terminal acetylenes is 1. The van der Waals surface area contributed by atoms with E-state index in [0.29, 0.717) is 59.4 Å². The molecule has 0 radical (unpaired) electrons. The molecule has 1 amide bonds. The maximum atomic E-state index is 10.8. The molecular formula is C13H24N2O5. The highest BCUT2D eigenvalue weighted by Crippen LogP contribution is 1.82. The predicted molar refractivity (Wildman–Crippen MR) is 74.2 cm³/mol. The molecule has 0 spiro atoms. The fourth-order valence-corrected chi connectivity index (χ4v) is 1.13. The minimum absolute atomic E-state index is 0.00309. The van der Waals surface area contributed by atoms with Gasteiger partial charge in [0.05, 0.1) is 52.8 Å². The monoisotopic (exact) mass is 288 g/mol. The number of amides is 1. The van der Waals surface area contributed by atoms with Gasteiger partial charge in [-0.3, -0.25) is 4.79 Å². The summed E-state index contributed by atoms with van der Waals surface area (Å²) in [6.07, 6.45) is 5.02. The third-order valence-electron chi connectivity index (χ3n) is 2.06. The van der Waals surface area contributed by atoms with Gasteiger partial charge in [-0.15, -0.1) is 6.42 Å². The smallest absolute Gasteiger partial charge is 0.233 e. The van der Waals surface area contributed by atoms with E-state index in [1.165, 1.54) is 0 Å². The fourth-order valence-electron chi connectivity index (χ4n) is 1.13. The molecule has 0 rings (SSSR count). The number of hydrogen-bond donors (Lipinski definition) is 2. The Morgan fingerprint density at radius 3 is 1.95 bits per heavy atom. The van der Waals surface area contributed by atoms with Gasteiger partial charge in [0.1, 0.15) is 6.61 Å². The van der Waals surface area contributed by atoms with E-state index in [0.717, 1.165) is 0 Å². The van der Waals surface area contributed by atoms with Gasteiger partial charge in [-0.1, -0.05) is 5.92 Å². The van der Waals surface area contributed by atoms with Crippen molar-refractivity contribution in [2.24, 2.45) is 5.73 Å². The average Bonchev–Trinajstić information content (AvgIpc) is 2.47. The molecule has 0 aliphatic rings. The Morgan fingerprint density at radius 1 is 0.950 bits per heavy atom. The molecule has 0 aliphatic heterocycles. The van der Waals surface area contributed by atoms with Crippen LogP contribution in [0.1, 0.15) is 0 Å². The van der Waals surface area contributed by atoms with Crippen LogP contribution in [0.2, 0.25) is 0 Å². The Balaban J connectivity index is 2.99. The zero-order chi connectivity index (χ0) is 14.9. The maximum Gasteiger partial charge on any atom is 0.233 e. The quantitative estimate of drug-likeness (QED) is 0.307. The molecule has 0 heterocycles. The number of rotatable bonds is 14. The standard InChI is InChI=1S/C13H24N2O5/c1-2-4-17-6-8-19-10-11-20-9-7-18-5-3-15-13(16)12-14/h1H,3-12,14H2,(H,15,16). The van der Waals surface area contributed by atoms with E-state index in [2.05, 4.69) is 11.2 Å². The molecule has 7 nitrogen and oxygen atoms in total. The van der Waals surface area contributed by atoms with Crippen molar-refractivity contribution in [1.82, 2.24) is 5.32 Å².